The van der Waals surface area contributed by atoms with Gasteiger partial charge in [0.15, 0.2) is 0 Å². The fourth-order valence-corrected chi connectivity index (χ4v) is 3.06. The van der Waals surface area contributed by atoms with Crippen molar-refractivity contribution in [2.45, 2.75) is 31.1 Å². The molecular weight excluding hydrogens is 320 g/mol. The Hall–Kier alpha value is -2.38. The normalized spacial score (nSPS) is 21.1. The van der Waals surface area contributed by atoms with Crippen molar-refractivity contribution in [2.75, 3.05) is 13.7 Å². The van der Waals surface area contributed by atoms with Gasteiger partial charge in [0.05, 0.1) is 13.2 Å². The van der Waals surface area contributed by atoms with Crippen LogP contribution >= 0.6 is 0 Å². The average Bonchev–Trinajstić information content (AvgIpc) is 3.28. The topological polar surface area (TPSA) is 91.4 Å². The summed E-state index contributed by atoms with van der Waals surface area (Å²) in [5.41, 5.74) is 6.56. The Labute approximate surface area is 147 Å². The second-order valence-electron chi connectivity index (χ2n) is 6.17. The molecule has 7 heteroatoms. The predicted molar refractivity (Wildman–Crippen MR) is 93.1 cm³/mol. The number of nitrogens with two attached hydrogens (primary N) is 1. The molecule has 1 aliphatic rings. The summed E-state index contributed by atoms with van der Waals surface area (Å²) < 4.78 is 12.8. The number of rotatable bonds is 6. The molecule has 0 spiro atoms. The number of carbonyl (C=O) groups is 1. The van der Waals surface area contributed by atoms with Crippen molar-refractivity contribution in [2.24, 2.45) is 12.8 Å². The number of hydrogen-bond donors (Lipinski definition) is 2. The van der Waals surface area contributed by atoms with Gasteiger partial charge >= 0.3 is 0 Å². The van der Waals surface area contributed by atoms with Gasteiger partial charge in [-0.15, -0.1) is 0 Å². The van der Waals surface area contributed by atoms with E-state index in [1.54, 1.807) is 13.3 Å². The fourth-order valence-electron chi connectivity index (χ4n) is 3.06. The van der Waals surface area contributed by atoms with E-state index in [0.717, 1.165) is 23.6 Å². The summed E-state index contributed by atoms with van der Waals surface area (Å²) in [6.07, 6.45) is 4.56. The quantitative estimate of drug-likeness (QED) is 0.820. The van der Waals surface area contributed by atoms with Gasteiger partial charge in [0.2, 0.25) is 5.91 Å². The number of hydrogen-bond acceptors (Lipinski definition) is 5. The van der Waals surface area contributed by atoms with E-state index in [-0.39, 0.29) is 18.1 Å². The number of carbonyl (C=O) groups excluding carboxylic acids is 1. The molecule has 25 heavy (non-hydrogen) atoms. The van der Waals surface area contributed by atoms with Gasteiger partial charge in [-0.05, 0) is 30.5 Å². The summed E-state index contributed by atoms with van der Waals surface area (Å²) in [5, 5.41) is 3.07. The lowest BCUT2D eigenvalue weighted by molar-refractivity contribution is -0.132. The van der Waals surface area contributed by atoms with Crippen molar-refractivity contribution < 1.29 is 14.3 Å². The Kier molecular flexibility index (Phi) is 5.35. The smallest absolute Gasteiger partial charge is 0.249 e. The standard InChI is InChI=1S/C18H24N4O3/c1-22-10-9-20-17(22)16(12-3-5-13(24-2)6-4-12)21-18(23)15-8-7-14(11-19)25-15/h3-6,9-10,14-16H,7-8,11,19H2,1-2H3,(H,21,23)/t14-,15+,16?/m1/s1. The highest BCUT2D eigenvalue weighted by molar-refractivity contribution is 5.81. The first-order valence-electron chi connectivity index (χ1n) is 8.39. The Balaban J connectivity index is 1.82. The number of methoxy groups -OCH3 is 1. The van der Waals surface area contributed by atoms with Crippen LogP contribution in [0.25, 0.3) is 0 Å². The minimum Gasteiger partial charge on any atom is -0.497 e. The van der Waals surface area contributed by atoms with Crippen molar-refractivity contribution in [3.8, 4) is 5.75 Å². The maximum Gasteiger partial charge on any atom is 0.249 e. The van der Waals surface area contributed by atoms with Crippen molar-refractivity contribution in [1.82, 2.24) is 14.9 Å². The summed E-state index contributed by atoms with van der Waals surface area (Å²) in [6, 6.07) is 7.23. The van der Waals surface area contributed by atoms with Crippen LogP contribution in [-0.2, 0) is 16.6 Å². The highest BCUT2D eigenvalue weighted by atomic mass is 16.5. The summed E-state index contributed by atoms with van der Waals surface area (Å²) in [7, 11) is 3.53. The molecule has 3 atom stereocenters. The van der Waals surface area contributed by atoms with Crippen LogP contribution in [0.15, 0.2) is 36.7 Å². The molecule has 0 saturated carbocycles. The van der Waals surface area contributed by atoms with Crippen molar-refractivity contribution in [3.63, 3.8) is 0 Å². The molecule has 2 aromatic rings. The number of ether oxygens (including phenoxy) is 2. The molecule has 1 saturated heterocycles. The van der Waals surface area contributed by atoms with Crippen LogP contribution in [0.3, 0.4) is 0 Å². The van der Waals surface area contributed by atoms with E-state index in [4.69, 9.17) is 15.2 Å². The molecule has 1 fully saturated rings. The van der Waals surface area contributed by atoms with Gasteiger partial charge in [0.25, 0.3) is 0 Å². The summed E-state index contributed by atoms with van der Waals surface area (Å²) in [5.74, 6) is 1.38. The molecular formula is C18H24N4O3. The molecule has 1 aromatic carbocycles. The zero-order valence-corrected chi connectivity index (χ0v) is 14.5. The van der Waals surface area contributed by atoms with Gasteiger partial charge in [-0.25, -0.2) is 4.98 Å². The van der Waals surface area contributed by atoms with Gasteiger partial charge < -0.3 is 25.1 Å². The van der Waals surface area contributed by atoms with Gasteiger partial charge in [-0.3, -0.25) is 4.79 Å². The van der Waals surface area contributed by atoms with Crippen LogP contribution in [0.4, 0.5) is 0 Å². The lowest BCUT2D eigenvalue weighted by Crippen LogP contribution is -2.39. The van der Waals surface area contributed by atoms with Crippen molar-refractivity contribution in [3.05, 3.63) is 48.0 Å². The van der Waals surface area contributed by atoms with E-state index >= 15 is 0 Å². The van der Waals surface area contributed by atoms with E-state index in [9.17, 15) is 4.79 Å². The molecule has 3 N–H and O–H groups in total. The van der Waals surface area contributed by atoms with E-state index in [0.29, 0.717) is 13.0 Å². The third-order valence-electron chi connectivity index (χ3n) is 4.52. The second-order valence-corrected chi connectivity index (χ2v) is 6.17. The average molecular weight is 344 g/mol. The van der Waals surface area contributed by atoms with Gasteiger partial charge in [0, 0.05) is 26.0 Å². The van der Waals surface area contributed by atoms with Crippen LogP contribution in [0, 0.1) is 0 Å². The van der Waals surface area contributed by atoms with Crippen LogP contribution in [0.5, 0.6) is 5.75 Å². The molecule has 0 radical (unpaired) electrons. The SMILES string of the molecule is COc1ccc(C(NC(=O)[C@@H]2CC[C@H](CN)O2)c2nccn2C)cc1. The molecule has 1 unspecified atom stereocenters. The number of aryl methyl sites for hydroxylation is 1. The monoisotopic (exact) mass is 344 g/mol. The molecule has 2 heterocycles. The maximum absolute atomic E-state index is 12.7. The molecule has 0 aliphatic carbocycles. The minimum absolute atomic E-state index is 0.0386. The lowest BCUT2D eigenvalue weighted by Gasteiger charge is -2.21. The van der Waals surface area contributed by atoms with E-state index < -0.39 is 6.10 Å². The number of benzene rings is 1. The lowest BCUT2D eigenvalue weighted by atomic mass is 10.0. The maximum atomic E-state index is 12.7. The Morgan fingerprint density at radius 3 is 2.76 bits per heavy atom. The van der Waals surface area contributed by atoms with Crippen molar-refractivity contribution >= 4 is 5.91 Å². The van der Waals surface area contributed by atoms with E-state index in [1.807, 2.05) is 42.1 Å². The highest BCUT2D eigenvalue weighted by Gasteiger charge is 2.32. The van der Waals surface area contributed by atoms with Gasteiger partial charge in [-0.2, -0.15) is 0 Å². The zero-order chi connectivity index (χ0) is 17.8. The first-order valence-corrected chi connectivity index (χ1v) is 8.39. The molecule has 7 nitrogen and oxygen atoms in total. The van der Waals surface area contributed by atoms with Crippen molar-refractivity contribution in [1.29, 1.82) is 0 Å². The number of amides is 1. The minimum atomic E-state index is -0.463. The third-order valence-corrected chi connectivity index (χ3v) is 4.52. The Bertz CT molecular complexity index is 713. The number of nitrogens with zero attached hydrogens (tertiary/aromatic N) is 2. The number of nitrogens with one attached hydrogen (secondary N) is 1. The first-order chi connectivity index (χ1) is 12.1. The highest BCUT2D eigenvalue weighted by Crippen LogP contribution is 2.25. The first kappa shape index (κ1) is 17.4. The summed E-state index contributed by atoms with van der Waals surface area (Å²) in [6.45, 7) is 0.436. The summed E-state index contributed by atoms with van der Waals surface area (Å²) in [4.78, 5) is 17.1. The van der Waals surface area contributed by atoms with Gasteiger partial charge in [-0.1, -0.05) is 12.1 Å². The largest absolute Gasteiger partial charge is 0.497 e. The van der Waals surface area contributed by atoms with Crippen LogP contribution < -0.4 is 15.8 Å². The summed E-state index contributed by atoms with van der Waals surface area (Å²) >= 11 is 0. The van der Waals surface area contributed by atoms with Crippen LogP contribution in [0.2, 0.25) is 0 Å². The van der Waals surface area contributed by atoms with Crippen LogP contribution in [0.1, 0.15) is 30.3 Å². The zero-order valence-electron chi connectivity index (χ0n) is 14.5. The third kappa shape index (κ3) is 3.83. The predicted octanol–water partition coefficient (Wildman–Crippen LogP) is 1.14. The molecule has 134 valence electrons. The van der Waals surface area contributed by atoms with Crippen LogP contribution in [-0.4, -0.2) is 41.3 Å². The Morgan fingerprint density at radius 1 is 1.44 bits per heavy atom. The van der Waals surface area contributed by atoms with E-state index in [1.165, 1.54) is 0 Å². The van der Waals surface area contributed by atoms with E-state index in [2.05, 4.69) is 10.3 Å². The molecule has 0 bridgehead atoms. The fraction of sp³-hybridized carbons (Fsp3) is 0.444. The molecule has 1 aliphatic heterocycles. The molecule has 1 amide bonds. The molecule has 3 rings (SSSR count). The van der Waals surface area contributed by atoms with Gasteiger partial charge in [0.1, 0.15) is 23.7 Å². The second kappa shape index (κ2) is 7.67. The number of aromatic nitrogens is 2. The number of imidazole rings is 1. The Morgan fingerprint density at radius 2 is 2.20 bits per heavy atom. The molecule has 1 aromatic heterocycles.